The minimum Gasteiger partial charge on any atom is -0.480 e. The van der Waals surface area contributed by atoms with Crippen molar-refractivity contribution in [2.75, 3.05) is 0 Å². The van der Waals surface area contributed by atoms with Gasteiger partial charge in [-0.25, -0.2) is 9.18 Å². The van der Waals surface area contributed by atoms with Crippen LogP contribution in [0.1, 0.15) is 20.8 Å². The molecule has 0 radical (unpaired) electrons. The van der Waals surface area contributed by atoms with Crippen LogP contribution in [0, 0.1) is 5.82 Å². The quantitative estimate of drug-likeness (QED) is 0.238. The van der Waals surface area contributed by atoms with Gasteiger partial charge in [0.25, 0.3) is 5.91 Å². The average molecular weight is 563 g/mol. The number of hydrogen-bond donors (Lipinski definition) is 1. The second-order valence-electron chi connectivity index (χ2n) is 7.99. The summed E-state index contributed by atoms with van der Waals surface area (Å²) in [7, 11) is 0. The van der Waals surface area contributed by atoms with Crippen LogP contribution in [-0.4, -0.2) is 27.9 Å². The summed E-state index contributed by atoms with van der Waals surface area (Å²) < 4.78 is 13.7. The Hall–Kier alpha value is -2.90. The highest BCUT2D eigenvalue weighted by molar-refractivity contribution is 7.10. The van der Waals surface area contributed by atoms with Gasteiger partial charge in [-0.05, 0) is 58.5 Å². The first-order valence-electron chi connectivity index (χ1n) is 10.8. The van der Waals surface area contributed by atoms with E-state index in [2.05, 4.69) is 0 Å². The molecule has 1 heterocycles. The molecule has 0 fully saturated rings. The van der Waals surface area contributed by atoms with Gasteiger partial charge in [0.15, 0.2) is 0 Å². The molecular weight excluding hydrogens is 544 g/mol. The highest BCUT2D eigenvalue weighted by Crippen LogP contribution is 2.33. The van der Waals surface area contributed by atoms with Crippen LogP contribution in [0.15, 0.2) is 78.2 Å². The number of benzene rings is 3. The Kier molecular flexibility index (Phi) is 8.32. The molecule has 1 N–H and O–H groups in total. The highest BCUT2D eigenvalue weighted by Gasteiger charge is 2.32. The van der Waals surface area contributed by atoms with E-state index in [1.807, 2.05) is 41.8 Å². The molecule has 36 heavy (non-hydrogen) atoms. The summed E-state index contributed by atoms with van der Waals surface area (Å²) in [5.74, 6) is -2.24. The summed E-state index contributed by atoms with van der Waals surface area (Å²) in [6, 6.07) is 18.5. The normalized spacial score (nSPS) is 11.8. The summed E-state index contributed by atoms with van der Waals surface area (Å²) in [5.41, 5.74) is 2.29. The third-order valence-electron chi connectivity index (χ3n) is 5.65. The predicted molar refractivity (Wildman–Crippen MR) is 143 cm³/mol. The number of carbonyl (C=O) groups is 2. The zero-order chi connectivity index (χ0) is 25.8. The number of amides is 1. The second kappa shape index (κ2) is 11.4. The minimum absolute atomic E-state index is 0.0103. The molecule has 0 saturated carbocycles. The van der Waals surface area contributed by atoms with Crippen LogP contribution < -0.4 is 0 Å². The summed E-state index contributed by atoms with van der Waals surface area (Å²) in [6.45, 7) is -0.0103. The maximum atomic E-state index is 13.8. The number of rotatable bonds is 8. The van der Waals surface area contributed by atoms with E-state index in [9.17, 15) is 19.1 Å². The van der Waals surface area contributed by atoms with Crippen LogP contribution in [-0.2, 0) is 17.8 Å². The number of aliphatic carboxylic acids is 1. The number of carbonyl (C=O) groups excluding carboxylic acids is 1. The van der Waals surface area contributed by atoms with Gasteiger partial charge >= 0.3 is 5.97 Å². The van der Waals surface area contributed by atoms with Crippen molar-refractivity contribution in [2.24, 2.45) is 0 Å². The summed E-state index contributed by atoms with van der Waals surface area (Å²) in [6.07, 6.45) is 0.0935. The van der Waals surface area contributed by atoms with Gasteiger partial charge in [-0.3, -0.25) is 4.79 Å². The van der Waals surface area contributed by atoms with Crippen LogP contribution in [0.2, 0.25) is 15.1 Å². The van der Waals surface area contributed by atoms with Gasteiger partial charge in [0.1, 0.15) is 11.9 Å². The minimum atomic E-state index is -1.18. The smallest absolute Gasteiger partial charge is 0.326 e. The van der Waals surface area contributed by atoms with Crippen molar-refractivity contribution in [1.29, 1.82) is 0 Å². The first kappa shape index (κ1) is 26.2. The number of carboxylic acid groups (broad SMARTS) is 1. The van der Waals surface area contributed by atoms with Crippen LogP contribution in [0.5, 0.6) is 0 Å². The summed E-state index contributed by atoms with van der Waals surface area (Å²) >= 11 is 19.7. The SMILES string of the molecule is O=C(O)[C@H](Cc1ccccc1)N(Cc1sccc1-c1ccc(F)c(Cl)c1)C(=O)c1ccc(Cl)cc1Cl. The standard InChI is InChI=1S/C27H19Cl3FNO3S/c28-18-7-8-20(21(29)14-18)26(33)32(24(27(34)35)12-16-4-2-1-3-5-16)15-25-19(10-11-36-25)17-6-9-23(31)22(30)13-17/h1-11,13-14,24H,12,15H2,(H,34,35)/t24-/m0/s1. The van der Waals surface area contributed by atoms with Crippen molar-refractivity contribution < 1.29 is 19.1 Å². The van der Waals surface area contributed by atoms with E-state index in [-0.39, 0.29) is 28.6 Å². The highest BCUT2D eigenvalue weighted by atomic mass is 35.5. The second-order valence-corrected chi connectivity index (χ2v) is 10.2. The molecule has 1 amide bonds. The summed E-state index contributed by atoms with van der Waals surface area (Å²) in [4.78, 5) is 28.3. The van der Waals surface area contributed by atoms with Crippen molar-refractivity contribution in [1.82, 2.24) is 4.90 Å². The van der Waals surface area contributed by atoms with E-state index in [4.69, 9.17) is 34.8 Å². The Bertz CT molecular complexity index is 1410. The Morgan fingerprint density at radius 2 is 1.69 bits per heavy atom. The predicted octanol–water partition coefficient (Wildman–Crippen LogP) is 7.85. The topological polar surface area (TPSA) is 57.6 Å². The van der Waals surface area contributed by atoms with E-state index >= 15 is 0 Å². The van der Waals surface area contributed by atoms with Crippen LogP contribution in [0.4, 0.5) is 4.39 Å². The fraction of sp³-hybridized carbons (Fsp3) is 0.111. The maximum Gasteiger partial charge on any atom is 0.326 e. The third-order valence-corrected chi connectivity index (χ3v) is 7.39. The zero-order valence-corrected chi connectivity index (χ0v) is 21.7. The summed E-state index contributed by atoms with van der Waals surface area (Å²) in [5, 5.41) is 12.5. The fourth-order valence-corrected chi connectivity index (χ4v) is 5.41. The average Bonchev–Trinajstić information content (AvgIpc) is 3.31. The number of thiophene rings is 1. The van der Waals surface area contributed by atoms with Crippen LogP contribution in [0.25, 0.3) is 11.1 Å². The molecule has 0 bridgehead atoms. The van der Waals surface area contributed by atoms with Gasteiger partial charge in [0.2, 0.25) is 0 Å². The van der Waals surface area contributed by atoms with Crippen LogP contribution >= 0.6 is 46.1 Å². The third kappa shape index (κ3) is 5.90. The molecule has 0 saturated heterocycles. The lowest BCUT2D eigenvalue weighted by Crippen LogP contribution is -2.46. The van der Waals surface area contributed by atoms with Gasteiger partial charge < -0.3 is 10.0 Å². The molecule has 0 unspecified atom stereocenters. The Balaban J connectivity index is 1.77. The van der Waals surface area contributed by atoms with Gasteiger partial charge in [0, 0.05) is 16.3 Å². The van der Waals surface area contributed by atoms with E-state index in [1.165, 1.54) is 46.6 Å². The molecule has 9 heteroatoms. The molecule has 3 aromatic carbocycles. The van der Waals surface area contributed by atoms with E-state index < -0.39 is 23.7 Å². The van der Waals surface area contributed by atoms with E-state index in [1.54, 1.807) is 6.07 Å². The van der Waals surface area contributed by atoms with Crippen molar-refractivity contribution >= 4 is 58.0 Å². The number of hydrogen-bond acceptors (Lipinski definition) is 3. The molecule has 4 nitrogen and oxygen atoms in total. The monoisotopic (exact) mass is 561 g/mol. The van der Waals surface area contributed by atoms with E-state index in [0.29, 0.717) is 10.6 Å². The van der Waals surface area contributed by atoms with Gasteiger partial charge in [-0.15, -0.1) is 11.3 Å². The van der Waals surface area contributed by atoms with Crippen molar-refractivity contribution in [3.05, 3.63) is 115 Å². The molecule has 0 aliphatic rings. The number of halogens is 4. The molecule has 0 aliphatic carbocycles. The van der Waals surface area contributed by atoms with Gasteiger partial charge in [-0.1, -0.05) is 71.2 Å². The Morgan fingerprint density at radius 1 is 0.944 bits per heavy atom. The van der Waals surface area contributed by atoms with Crippen molar-refractivity contribution in [3.8, 4) is 11.1 Å². The molecule has 0 spiro atoms. The molecule has 4 aromatic rings. The first-order valence-corrected chi connectivity index (χ1v) is 12.8. The molecule has 1 aromatic heterocycles. The van der Waals surface area contributed by atoms with Crippen molar-refractivity contribution in [2.45, 2.75) is 19.0 Å². The lowest BCUT2D eigenvalue weighted by Gasteiger charge is -2.30. The number of nitrogens with zero attached hydrogens (tertiary/aromatic N) is 1. The van der Waals surface area contributed by atoms with Crippen LogP contribution in [0.3, 0.4) is 0 Å². The Labute approximate surface area is 226 Å². The first-order chi connectivity index (χ1) is 17.2. The molecular formula is C27H19Cl3FNO3S. The maximum absolute atomic E-state index is 13.8. The zero-order valence-electron chi connectivity index (χ0n) is 18.6. The van der Waals surface area contributed by atoms with Gasteiger partial charge in [0.05, 0.1) is 22.2 Å². The van der Waals surface area contributed by atoms with E-state index in [0.717, 1.165) is 16.0 Å². The molecule has 0 aliphatic heterocycles. The van der Waals surface area contributed by atoms with Gasteiger partial charge in [-0.2, -0.15) is 0 Å². The molecule has 4 rings (SSSR count). The molecule has 184 valence electrons. The van der Waals surface area contributed by atoms with Crippen molar-refractivity contribution in [3.63, 3.8) is 0 Å². The number of carboxylic acids is 1. The largest absolute Gasteiger partial charge is 0.480 e. The fourth-order valence-electron chi connectivity index (χ4n) is 3.85. The molecule has 1 atom stereocenters. The Morgan fingerprint density at radius 3 is 2.36 bits per heavy atom. The lowest BCUT2D eigenvalue weighted by molar-refractivity contribution is -0.142. The lowest BCUT2D eigenvalue weighted by atomic mass is 10.0.